The summed E-state index contributed by atoms with van der Waals surface area (Å²) in [5, 5.41) is 0. The van der Waals surface area contributed by atoms with E-state index in [4.69, 9.17) is 15.2 Å². The molecule has 0 heterocycles. The molecule has 0 aliphatic rings. The van der Waals surface area contributed by atoms with Gasteiger partial charge in [0.1, 0.15) is 0 Å². The highest BCUT2D eigenvalue weighted by molar-refractivity contribution is 7.89. The second-order valence-corrected chi connectivity index (χ2v) is 6.64. The predicted octanol–water partition coefficient (Wildman–Crippen LogP) is 1.28. The largest absolute Gasteiger partial charge is 0.493 e. The van der Waals surface area contributed by atoms with E-state index >= 15 is 0 Å². The molecule has 0 aromatic heterocycles. The molecule has 0 saturated heterocycles. The Hall–Kier alpha value is -2.58. The Morgan fingerprint density at radius 3 is 2.46 bits per heavy atom. The maximum Gasteiger partial charge on any atom is 0.248 e. The van der Waals surface area contributed by atoms with Crippen LogP contribution < -0.4 is 19.9 Å². The number of rotatable bonds is 7. The van der Waals surface area contributed by atoms with Gasteiger partial charge in [0.05, 0.1) is 19.1 Å². The molecule has 0 fully saturated rings. The first kappa shape index (κ1) is 17.8. The van der Waals surface area contributed by atoms with Gasteiger partial charge < -0.3 is 15.2 Å². The van der Waals surface area contributed by atoms with Crippen molar-refractivity contribution in [3.8, 4) is 11.5 Å². The van der Waals surface area contributed by atoms with Crippen molar-refractivity contribution in [2.45, 2.75) is 11.4 Å². The number of carbonyl (C=O) groups is 1. The maximum absolute atomic E-state index is 12.4. The number of nitrogens with one attached hydrogen (secondary N) is 1. The molecule has 0 aliphatic carbocycles. The molecule has 7 nitrogen and oxygen atoms in total. The lowest BCUT2D eigenvalue weighted by Crippen LogP contribution is -2.24. The van der Waals surface area contributed by atoms with Crippen LogP contribution in [0.25, 0.3) is 0 Å². The van der Waals surface area contributed by atoms with Gasteiger partial charge in [-0.05, 0) is 24.3 Å². The summed E-state index contributed by atoms with van der Waals surface area (Å²) in [7, 11) is -0.834. The number of hydrogen-bond donors (Lipinski definition) is 2. The van der Waals surface area contributed by atoms with Crippen LogP contribution >= 0.6 is 0 Å². The minimum absolute atomic E-state index is 0.00348. The van der Waals surface area contributed by atoms with Gasteiger partial charge in [0.15, 0.2) is 11.5 Å². The van der Waals surface area contributed by atoms with Gasteiger partial charge in [-0.1, -0.05) is 18.2 Å². The van der Waals surface area contributed by atoms with E-state index in [-0.39, 0.29) is 17.0 Å². The number of hydrogen-bond acceptors (Lipinski definition) is 5. The lowest BCUT2D eigenvalue weighted by atomic mass is 10.2. The quantitative estimate of drug-likeness (QED) is 0.782. The molecule has 2 aromatic rings. The topological polar surface area (TPSA) is 108 Å². The van der Waals surface area contributed by atoms with Crippen molar-refractivity contribution >= 4 is 15.9 Å². The highest BCUT2D eigenvalue weighted by Crippen LogP contribution is 2.30. The lowest BCUT2D eigenvalue weighted by molar-refractivity contribution is 0.1000. The molecule has 1 amide bonds. The third kappa shape index (κ3) is 3.84. The van der Waals surface area contributed by atoms with E-state index in [0.29, 0.717) is 17.1 Å². The van der Waals surface area contributed by atoms with E-state index in [1.54, 1.807) is 18.2 Å². The number of nitrogens with two attached hydrogens (primary N) is 1. The van der Waals surface area contributed by atoms with Gasteiger partial charge in [-0.2, -0.15) is 0 Å². The SMILES string of the molecule is COc1cccc(CNS(=O)(=O)c2cccc(C(N)=O)c2)c1OC. The number of ether oxygens (including phenoxy) is 2. The third-order valence-corrected chi connectivity index (χ3v) is 4.76. The normalized spacial score (nSPS) is 11.1. The molecule has 24 heavy (non-hydrogen) atoms. The molecule has 128 valence electrons. The Kier molecular flexibility index (Phi) is 5.42. The number of carbonyl (C=O) groups excluding carboxylic acids is 1. The summed E-state index contributed by atoms with van der Waals surface area (Å²) in [4.78, 5) is 11.1. The number of benzene rings is 2. The summed E-state index contributed by atoms with van der Waals surface area (Å²) in [6.45, 7) is 0.00348. The first-order valence-corrected chi connectivity index (χ1v) is 8.46. The maximum atomic E-state index is 12.4. The zero-order valence-corrected chi connectivity index (χ0v) is 14.1. The van der Waals surface area contributed by atoms with Gasteiger partial charge in [0.2, 0.25) is 15.9 Å². The highest BCUT2D eigenvalue weighted by atomic mass is 32.2. The van der Waals surface area contributed by atoms with E-state index in [1.807, 2.05) is 0 Å². The second-order valence-electron chi connectivity index (χ2n) is 4.87. The minimum Gasteiger partial charge on any atom is -0.493 e. The summed E-state index contributed by atoms with van der Waals surface area (Å²) in [5.74, 6) is 0.264. The number of para-hydroxylation sites is 1. The van der Waals surface area contributed by atoms with Gasteiger partial charge >= 0.3 is 0 Å². The number of amides is 1. The molecule has 0 spiro atoms. The number of primary amides is 1. The van der Waals surface area contributed by atoms with Gasteiger partial charge in [0, 0.05) is 17.7 Å². The van der Waals surface area contributed by atoms with Crippen LogP contribution in [0.2, 0.25) is 0 Å². The molecular formula is C16H18N2O5S. The van der Waals surface area contributed by atoms with Gasteiger partial charge in [-0.15, -0.1) is 0 Å². The molecule has 0 radical (unpaired) electrons. The van der Waals surface area contributed by atoms with Crippen molar-refractivity contribution in [1.82, 2.24) is 4.72 Å². The van der Waals surface area contributed by atoms with Crippen LogP contribution in [0.5, 0.6) is 11.5 Å². The van der Waals surface area contributed by atoms with E-state index in [9.17, 15) is 13.2 Å². The molecule has 0 atom stereocenters. The molecule has 0 unspecified atom stereocenters. The minimum atomic E-state index is -3.81. The van der Waals surface area contributed by atoms with E-state index in [1.165, 1.54) is 38.5 Å². The fourth-order valence-corrected chi connectivity index (χ4v) is 3.22. The summed E-state index contributed by atoms with van der Waals surface area (Å²) < 4.78 is 37.7. The van der Waals surface area contributed by atoms with Crippen molar-refractivity contribution < 1.29 is 22.7 Å². The fraction of sp³-hybridized carbons (Fsp3) is 0.188. The highest BCUT2D eigenvalue weighted by Gasteiger charge is 2.17. The summed E-state index contributed by atoms with van der Waals surface area (Å²) >= 11 is 0. The Bertz CT molecular complexity index is 849. The first-order valence-electron chi connectivity index (χ1n) is 6.98. The van der Waals surface area contributed by atoms with Crippen LogP contribution in [0.15, 0.2) is 47.4 Å². The van der Waals surface area contributed by atoms with Crippen LogP contribution in [-0.2, 0) is 16.6 Å². The predicted molar refractivity (Wildman–Crippen MR) is 88.5 cm³/mol. The van der Waals surface area contributed by atoms with E-state index in [2.05, 4.69) is 4.72 Å². The van der Waals surface area contributed by atoms with Crippen molar-refractivity contribution in [2.24, 2.45) is 5.73 Å². The number of methoxy groups -OCH3 is 2. The molecule has 2 rings (SSSR count). The van der Waals surface area contributed by atoms with Crippen molar-refractivity contribution in [3.63, 3.8) is 0 Å². The number of sulfonamides is 1. The van der Waals surface area contributed by atoms with Crippen LogP contribution in [0.4, 0.5) is 0 Å². The van der Waals surface area contributed by atoms with E-state index < -0.39 is 15.9 Å². The average Bonchev–Trinajstić information content (AvgIpc) is 2.59. The third-order valence-electron chi connectivity index (χ3n) is 3.37. The molecule has 3 N–H and O–H groups in total. The van der Waals surface area contributed by atoms with Gasteiger partial charge in [0.25, 0.3) is 0 Å². The Morgan fingerprint density at radius 1 is 1.12 bits per heavy atom. The van der Waals surface area contributed by atoms with Crippen LogP contribution in [0.3, 0.4) is 0 Å². The summed E-state index contributed by atoms with van der Waals surface area (Å²) in [6, 6.07) is 10.7. The zero-order valence-electron chi connectivity index (χ0n) is 13.3. The van der Waals surface area contributed by atoms with Crippen molar-refractivity contribution in [1.29, 1.82) is 0 Å². The fourth-order valence-electron chi connectivity index (χ4n) is 2.17. The summed E-state index contributed by atoms with van der Waals surface area (Å²) in [5.41, 5.74) is 5.92. The molecule has 0 aliphatic heterocycles. The van der Waals surface area contributed by atoms with Gasteiger partial charge in [-0.25, -0.2) is 13.1 Å². The average molecular weight is 350 g/mol. The van der Waals surface area contributed by atoms with Crippen LogP contribution in [-0.4, -0.2) is 28.5 Å². The Morgan fingerprint density at radius 2 is 1.83 bits per heavy atom. The first-order chi connectivity index (χ1) is 11.4. The Labute approximate surface area is 140 Å². The molecule has 8 heteroatoms. The molecule has 2 aromatic carbocycles. The van der Waals surface area contributed by atoms with Crippen molar-refractivity contribution in [3.05, 3.63) is 53.6 Å². The van der Waals surface area contributed by atoms with Crippen LogP contribution in [0.1, 0.15) is 15.9 Å². The van der Waals surface area contributed by atoms with Gasteiger partial charge in [-0.3, -0.25) is 4.79 Å². The van der Waals surface area contributed by atoms with Crippen LogP contribution in [0, 0.1) is 0 Å². The lowest BCUT2D eigenvalue weighted by Gasteiger charge is -2.13. The molecular weight excluding hydrogens is 332 g/mol. The standard InChI is InChI=1S/C16H18N2O5S/c1-22-14-8-4-6-12(15(14)23-2)10-18-24(20,21)13-7-3-5-11(9-13)16(17)19/h3-9,18H,10H2,1-2H3,(H2,17,19). The molecule has 0 saturated carbocycles. The smallest absolute Gasteiger partial charge is 0.248 e. The zero-order chi connectivity index (χ0) is 17.7. The second kappa shape index (κ2) is 7.33. The summed E-state index contributed by atoms with van der Waals surface area (Å²) in [6.07, 6.45) is 0. The van der Waals surface area contributed by atoms with E-state index in [0.717, 1.165) is 0 Å². The Balaban J connectivity index is 2.25. The molecule has 0 bridgehead atoms. The van der Waals surface area contributed by atoms with Crippen molar-refractivity contribution in [2.75, 3.05) is 14.2 Å². The monoisotopic (exact) mass is 350 g/mol.